The Morgan fingerprint density at radius 2 is 1.54 bits per heavy atom. The van der Waals surface area contributed by atoms with Crippen molar-refractivity contribution in [2.45, 2.75) is 12.4 Å². The Labute approximate surface area is 151 Å². The molecule has 3 aromatic heterocycles. The lowest BCUT2D eigenvalue weighted by Crippen LogP contribution is -2.12. The minimum atomic E-state index is -4.79. The van der Waals surface area contributed by atoms with E-state index in [9.17, 15) is 26.3 Å². The lowest BCUT2D eigenvalue weighted by Gasteiger charge is -2.10. The van der Waals surface area contributed by atoms with Crippen LogP contribution >= 0.6 is 0 Å². The van der Waals surface area contributed by atoms with Crippen LogP contribution < -0.4 is 11.1 Å². The molecule has 0 spiro atoms. The standard InChI is InChI=1S/C14H8F6N8/c15-13(16,17)8-5-6(1-3-22-8)24-12-27-9(26-11(21)28-12)7-2-4-23-10(25-7)14(18,19)20/h1-5H,(H3,21,22,24,26,27,28). The first-order chi connectivity index (χ1) is 13.0. The molecule has 3 rings (SSSR count). The van der Waals surface area contributed by atoms with E-state index in [0.717, 1.165) is 18.5 Å². The van der Waals surface area contributed by atoms with Crippen molar-refractivity contribution in [1.29, 1.82) is 0 Å². The van der Waals surface area contributed by atoms with Crippen LogP contribution in [0.4, 0.5) is 43.9 Å². The van der Waals surface area contributed by atoms with Crippen LogP contribution in [0.5, 0.6) is 0 Å². The maximum atomic E-state index is 12.8. The second-order valence-corrected chi connectivity index (χ2v) is 5.16. The summed E-state index contributed by atoms with van der Waals surface area (Å²) in [5.74, 6) is -2.42. The molecule has 8 nitrogen and oxygen atoms in total. The molecule has 0 radical (unpaired) electrons. The fraction of sp³-hybridized carbons (Fsp3) is 0.143. The molecule has 0 atom stereocenters. The van der Waals surface area contributed by atoms with E-state index < -0.39 is 23.9 Å². The highest BCUT2D eigenvalue weighted by molar-refractivity contribution is 5.58. The molecule has 0 saturated carbocycles. The van der Waals surface area contributed by atoms with Crippen LogP contribution in [-0.2, 0) is 12.4 Å². The Morgan fingerprint density at radius 1 is 0.821 bits per heavy atom. The number of hydrogen-bond acceptors (Lipinski definition) is 8. The Bertz CT molecular complexity index is 1000. The molecule has 0 amide bonds. The highest BCUT2D eigenvalue weighted by Gasteiger charge is 2.35. The molecule has 0 aliphatic carbocycles. The molecule has 0 aliphatic rings. The van der Waals surface area contributed by atoms with Crippen molar-refractivity contribution in [3.63, 3.8) is 0 Å². The number of rotatable bonds is 3. The predicted molar refractivity (Wildman–Crippen MR) is 82.8 cm³/mol. The lowest BCUT2D eigenvalue weighted by atomic mass is 10.3. The topological polar surface area (TPSA) is 115 Å². The number of nitrogens with one attached hydrogen (secondary N) is 1. The van der Waals surface area contributed by atoms with E-state index in [1.165, 1.54) is 6.07 Å². The van der Waals surface area contributed by atoms with Gasteiger partial charge in [-0.3, -0.25) is 4.98 Å². The number of nitrogens with zero attached hydrogens (tertiary/aromatic N) is 6. The van der Waals surface area contributed by atoms with Crippen LogP contribution in [0.15, 0.2) is 30.6 Å². The van der Waals surface area contributed by atoms with Gasteiger partial charge in [0.2, 0.25) is 17.7 Å². The molecule has 0 unspecified atom stereocenters. The number of pyridine rings is 1. The minimum absolute atomic E-state index is 0.0717. The van der Waals surface area contributed by atoms with E-state index in [1.54, 1.807) is 0 Å². The third-order valence-electron chi connectivity index (χ3n) is 3.10. The second kappa shape index (κ2) is 6.86. The summed E-state index contributed by atoms with van der Waals surface area (Å²) >= 11 is 0. The van der Waals surface area contributed by atoms with E-state index >= 15 is 0 Å². The fourth-order valence-electron chi connectivity index (χ4n) is 1.98. The van der Waals surface area contributed by atoms with Crippen LogP contribution in [0.1, 0.15) is 11.5 Å². The summed E-state index contributed by atoms with van der Waals surface area (Å²) in [6.07, 6.45) is -7.69. The van der Waals surface area contributed by atoms with Crippen LogP contribution in [0.3, 0.4) is 0 Å². The largest absolute Gasteiger partial charge is 0.451 e. The summed E-state index contributed by atoms with van der Waals surface area (Å²) in [4.78, 5) is 20.9. The van der Waals surface area contributed by atoms with Gasteiger partial charge in [0.25, 0.3) is 0 Å². The monoisotopic (exact) mass is 402 g/mol. The highest BCUT2D eigenvalue weighted by atomic mass is 19.4. The molecule has 0 aromatic carbocycles. The minimum Gasteiger partial charge on any atom is -0.368 e. The van der Waals surface area contributed by atoms with Crippen LogP contribution in [-0.4, -0.2) is 29.9 Å². The fourth-order valence-corrected chi connectivity index (χ4v) is 1.98. The average Bonchev–Trinajstić information content (AvgIpc) is 2.60. The number of nitrogen functional groups attached to an aromatic ring is 1. The van der Waals surface area contributed by atoms with Crippen molar-refractivity contribution in [2.75, 3.05) is 11.1 Å². The molecule has 3 N–H and O–H groups in total. The van der Waals surface area contributed by atoms with Crippen molar-refractivity contribution in [3.05, 3.63) is 42.1 Å². The number of nitrogens with two attached hydrogens (primary N) is 1. The molecule has 14 heteroatoms. The van der Waals surface area contributed by atoms with Crippen molar-refractivity contribution in [3.8, 4) is 11.5 Å². The lowest BCUT2D eigenvalue weighted by molar-refractivity contribution is -0.145. The Kier molecular flexibility index (Phi) is 4.70. The van der Waals surface area contributed by atoms with Gasteiger partial charge in [-0.15, -0.1) is 0 Å². The van der Waals surface area contributed by atoms with Gasteiger partial charge in [0.1, 0.15) is 11.4 Å². The third kappa shape index (κ3) is 4.39. The predicted octanol–water partition coefficient (Wildman–Crippen LogP) is 3.09. The number of hydrogen-bond donors (Lipinski definition) is 2. The van der Waals surface area contributed by atoms with E-state index in [2.05, 4.69) is 35.2 Å². The summed E-state index contributed by atoms with van der Waals surface area (Å²) in [5, 5.41) is 2.46. The Balaban J connectivity index is 1.95. The summed E-state index contributed by atoms with van der Waals surface area (Å²) in [7, 11) is 0. The van der Waals surface area contributed by atoms with E-state index in [0.29, 0.717) is 6.07 Å². The molecular weight excluding hydrogens is 394 g/mol. The number of anilines is 3. The van der Waals surface area contributed by atoms with Crippen molar-refractivity contribution in [2.24, 2.45) is 0 Å². The molecule has 0 aliphatic heterocycles. The van der Waals surface area contributed by atoms with Crippen molar-refractivity contribution >= 4 is 17.6 Å². The van der Waals surface area contributed by atoms with Gasteiger partial charge >= 0.3 is 12.4 Å². The van der Waals surface area contributed by atoms with Gasteiger partial charge in [-0.25, -0.2) is 9.97 Å². The first-order valence-electron chi connectivity index (χ1n) is 7.25. The first kappa shape index (κ1) is 19.2. The van der Waals surface area contributed by atoms with Gasteiger partial charge in [0.05, 0.1) is 0 Å². The summed E-state index contributed by atoms with van der Waals surface area (Å²) < 4.78 is 76.5. The number of halogens is 6. The van der Waals surface area contributed by atoms with Crippen molar-refractivity contribution < 1.29 is 26.3 Å². The first-order valence-corrected chi connectivity index (χ1v) is 7.25. The molecule has 28 heavy (non-hydrogen) atoms. The summed E-state index contributed by atoms with van der Waals surface area (Å²) in [6.45, 7) is 0. The summed E-state index contributed by atoms with van der Waals surface area (Å²) in [5.41, 5.74) is 3.98. The molecule has 146 valence electrons. The Hall–Kier alpha value is -3.58. The zero-order chi connectivity index (χ0) is 20.5. The van der Waals surface area contributed by atoms with Crippen molar-refractivity contribution in [1.82, 2.24) is 29.9 Å². The van der Waals surface area contributed by atoms with Gasteiger partial charge in [-0.05, 0) is 18.2 Å². The SMILES string of the molecule is Nc1nc(Nc2ccnc(C(F)(F)F)c2)nc(-c2ccnc(C(F)(F)F)n2)n1. The van der Waals surface area contributed by atoms with Gasteiger partial charge < -0.3 is 11.1 Å². The molecule has 0 bridgehead atoms. The van der Waals surface area contributed by atoms with Gasteiger partial charge in [0, 0.05) is 18.1 Å². The van der Waals surface area contributed by atoms with Crippen LogP contribution in [0.25, 0.3) is 11.5 Å². The number of aromatic nitrogens is 6. The quantitative estimate of drug-likeness (QED) is 0.643. The van der Waals surface area contributed by atoms with E-state index in [1.807, 2.05) is 0 Å². The van der Waals surface area contributed by atoms with Gasteiger partial charge in [0.15, 0.2) is 5.82 Å². The molecule has 3 aromatic rings. The van der Waals surface area contributed by atoms with E-state index in [-0.39, 0.29) is 29.1 Å². The molecular formula is C14H8F6N8. The van der Waals surface area contributed by atoms with Gasteiger partial charge in [-0.1, -0.05) is 0 Å². The molecule has 0 fully saturated rings. The third-order valence-corrected chi connectivity index (χ3v) is 3.10. The maximum absolute atomic E-state index is 12.8. The number of alkyl halides is 6. The zero-order valence-electron chi connectivity index (χ0n) is 13.4. The Morgan fingerprint density at radius 3 is 2.21 bits per heavy atom. The smallest absolute Gasteiger partial charge is 0.368 e. The van der Waals surface area contributed by atoms with Crippen LogP contribution in [0, 0.1) is 0 Å². The normalized spacial score (nSPS) is 12.1. The maximum Gasteiger partial charge on any atom is 0.451 e. The van der Waals surface area contributed by atoms with Gasteiger partial charge in [-0.2, -0.15) is 41.3 Å². The molecule has 3 heterocycles. The molecule has 0 saturated heterocycles. The van der Waals surface area contributed by atoms with Crippen LogP contribution in [0.2, 0.25) is 0 Å². The summed E-state index contributed by atoms with van der Waals surface area (Å²) in [6, 6.07) is 3.02. The van der Waals surface area contributed by atoms with E-state index in [4.69, 9.17) is 5.73 Å². The zero-order valence-corrected chi connectivity index (χ0v) is 13.4. The average molecular weight is 402 g/mol. The highest BCUT2D eigenvalue weighted by Crippen LogP contribution is 2.30. The second-order valence-electron chi connectivity index (χ2n) is 5.16.